The standard InChI is InChI=1S/C24H19NO4/c1-15-11-19(28-14-22(25)26)13-20-23(15)24(27)21(29-20)12-16-7-9-18(10-8-16)17-5-3-2-4-6-17/h2-13H,14H2,1H3,(H2,25,26)/b21-12-. The minimum absolute atomic E-state index is 0.175. The Morgan fingerprint density at radius 1 is 1.03 bits per heavy atom. The fourth-order valence-electron chi connectivity index (χ4n) is 3.27. The van der Waals surface area contributed by atoms with Gasteiger partial charge in [-0.05, 0) is 41.3 Å². The molecule has 0 saturated carbocycles. The number of primary amides is 1. The molecule has 0 atom stereocenters. The van der Waals surface area contributed by atoms with Crippen LogP contribution in [0.25, 0.3) is 17.2 Å². The first-order valence-corrected chi connectivity index (χ1v) is 9.17. The number of rotatable bonds is 5. The van der Waals surface area contributed by atoms with E-state index in [1.165, 1.54) is 0 Å². The molecule has 29 heavy (non-hydrogen) atoms. The summed E-state index contributed by atoms with van der Waals surface area (Å²) in [5.74, 6) is 0.358. The molecular formula is C24H19NO4. The molecular weight excluding hydrogens is 366 g/mol. The third-order valence-electron chi connectivity index (χ3n) is 4.64. The van der Waals surface area contributed by atoms with E-state index >= 15 is 0 Å². The SMILES string of the molecule is Cc1cc(OCC(N)=O)cc2c1C(=O)/C(=C/c1ccc(-c3ccccc3)cc1)O2. The summed E-state index contributed by atoms with van der Waals surface area (Å²) in [5, 5.41) is 0. The van der Waals surface area contributed by atoms with Crippen molar-refractivity contribution in [3.05, 3.63) is 89.2 Å². The maximum absolute atomic E-state index is 12.8. The lowest BCUT2D eigenvalue weighted by Gasteiger charge is -2.07. The summed E-state index contributed by atoms with van der Waals surface area (Å²) >= 11 is 0. The molecule has 3 aromatic rings. The summed E-state index contributed by atoms with van der Waals surface area (Å²) in [6.07, 6.45) is 1.72. The number of nitrogens with two attached hydrogens (primary N) is 1. The summed E-state index contributed by atoms with van der Waals surface area (Å²) in [7, 11) is 0. The van der Waals surface area contributed by atoms with E-state index in [9.17, 15) is 9.59 Å². The highest BCUT2D eigenvalue weighted by molar-refractivity contribution is 6.15. The average Bonchev–Trinajstić information content (AvgIpc) is 3.03. The first-order chi connectivity index (χ1) is 14.0. The van der Waals surface area contributed by atoms with Crippen molar-refractivity contribution in [3.8, 4) is 22.6 Å². The lowest BCUT2D eigenvalue weighted by Crippen LogP contribution is -2.20. The molecule has 0 spiro atoms. The van der Waals surface area contributed by atoms with Crippen molar-refractivity contribution < 1.29 is 19.1 Å². The van der Waals surface area contributed by atoms with Crippen molar-refractivity contribution in [3.63, 3.8) is 0 Å². The molecule has 5 heteroatoms. The molecule has 1 amide bonds. The molecule has 4 rings (SSSR count). The number of allylic oxidation sites excluding steroid dienone is 1. The highest BCUT2D eigenvalue weighted by atomic mass is 16.5. The van der Waals surface area contributed by atoms with Crippen LogP contribution >= 0.6 is 0 Å². The van der Waals surface area contributed by atoms with Crippen LogP contribution in [0, 0.1) is 6.92 Å². The average molecular weight is 385 g/mol. The van der Waals surface area contributed by atoms with E-state index in [0.717, 1.165) is 22.3 Å². The minimum Gasteiger partial charge on any atom is -0.484 e. The largest absolute Gasteiger partial charge is 0.484 e. The quantitative estimate of drug-likeness (QED) is 0.670. The van der Waals surface area contributed by atoms with Gasteiger partial charge in [-0.25, -0.2) is 0 Å². The van der Waals surface area contributed by atoms with Gasteiger partial charge >= 0.3 is 0 Å². The number of fused-ring (bicyclic) bond motifs is 1. The normalized spacial score (nSPS) is 13.8. The van der Waals surface area contributed by atoms with Gasteiger partial charge in [0.2, 0.25) is 5.78 Å². The number of ketones is 1. The molecule has 3 aromatic carbocycles. The fourth-order valence-corrected chi connectivity index (χ4v) is 3.27. The van der Waals surface area contributed by atoms with E-state index in [-0.39, 0.29) is 18.1 Å². The number of hydrogen-bond acceptors (Lipinski definition) is 4. The molecule has 0 unspecified atom stereocenters. The Labute approximate surface area is 168 Å². The molecule has 1 heterocycles. The number of aryl methyl sites for hydroxylation is 1. The summed E-state index contributed by atoms with van der Waals surface area (Å²) in [6.45, 7) is 1.57. The Morgan fingerprint density at radius 2 is 1.72 bits per heavy atom. The molecule has 144 valence electrons. The predicted octanol–water partition coefficient (Wildman–Crippen LogP) is 4.14. The number of carbonyl (C=O) groups excluding carboxylic acids is 2. The molecule has 1 aliphatic heterocycles. The number of amides is 1. The second-order valence-corrected chi connectivity index (χ2v) is 6.80. The molecule has 0 radical (unpaired) electrons. The van der Waals surface area contributed by atoms with Gasteiger partial charge in [-0.1, -0.05) is 54.6 Å². The van der Waals surface area contributed by atoms with Gasteiger partial charge in [0, 0.05) is 6.07 Å². The van der Waals surface area contributed by atoms with Gasteiger partial charge in [-0.15, -0.1) is 0 Å². The van der Waals surface area contributed by atoms with E-state index in [1.54, 1.807) is 25.1 Å². The fraction of sp³-hybridized carbons (Fsp3) is 0.0833. The summed E-state index contributed by atoms with van der Waals surface area (Å²) in [5.41, 5.74) is 9.43. The zero-order valence-corrected chi connectivity index (χ0v) is 15.8. The van der Waals surface area contributed by atoms with E-state index in [1.807, 2.05) is 54.6 Å². The van der Waals surface area contributed by atoms with Gasteiger partial charge in [0.1, 0.15) is 11.5 Å². The molecule has 0 aliphatic carbocycles. The lowest BCUT2D eigenvalue weighted by molar-refractivity contribution is -0.119. The Bertz CT molecular complexity index is 1120. The van der Waals surface area contributed by atoms with Crippen LogP contribution in [0.15, 0.2) is 72.5 Å². The number of Topliss-reactive ketones (excluding diaryl/α,β-unsaturated/α-hetero) is 1. The molecule has 2 N–H and O–H groups in total. The van der Waals surface area contributed by atoms with Crippen molar-refractivity contribution in [2.45, 2.75) is 6.92 Å². The van der Waals surface area contributed by atoms with Gasteiger partial charge in [-0.3, -0.25) is 9.59 Å². The van der Waals surface area contributed by atoms with Crippen molar-refractivity contribution in [2.75, 3.05) is 6.61 Å². The summed E-state index contributed by atoms with van der Waals surface area (Å²) in [6, 6.07) is 21.3. The Balaban J connectivity index is 1.58. The molecule has 0 bridgehead atoms. The van der Waals surface area contributed by atoms with Crippen LogP contribution < -0.4 is 15.2 Å². The summed E-state index contributed by atoms with van der Waals surface area (Å²) < 4.78 is 11.1. The van der Waals surface area contributed by atoms with Gasteiger partial charge in [0.05, 0.1) is 5.56 Å². The van der Waals surface area contributed by atoms with Crippen molar-refractivity contribution in [2.24, 2.45) is 5.73 Å². The van der Waals surface area contributed by atoms with Crippen LogP contribution in [-0.4, -0.2) is 18.3 Å². The third kappa shape index (κ3) is 3.89. The zero-order valence-electron chi connectivity index (χ0n) is 15.8. The lowest BCUT2D eigenvalue weighted by atomic mass is 10.0. The van der Waals surface area contributed by atoms with Crippen LogP contribution in [0.1, 0.15) is 21.5 Å². The van der Waals surface area contributed by atoms with Gasteiger partial charge in [0.15, 0.2) is 12.4 Å². The van der Waals surface area contributed by atoms with Crippen molar-refractivity contribution in [1.29, 1.82) is 0 Å². The molecule has 5 nitrogen and oxygen atoms in total. The van der Waals surface area contributed by atoms with E-state index < -0.39 is 5.91 Å². The first-order valence-electron chi connectivity index (χ1n) is 9.17. The van der Waals surface area contributed by atoms with E-state index in [0.29, 0.717) is 17.1 Å². The van der Waals surface area contributed by atoms with Gasteiger partial charge in [-0.2, -0.15) is 0 Å². The molecule has 0 saturated heterocycles. The smallest absolute Gasteiger partial charge is 0.255 e. The first kappa shape index (κ1) is 18.5. The second kappa shape index (κ2) is 7.64. The van der Waals surface area contributed by atoms with Crippen LogP contribution in [0.2, 0.25) is 0 Å². The maximum atomic E-state index is 12.8. The topological polar surface area (TPSA) is 78.6 Å². The zero-order chi connectivity index (χ0) is 20.4. The van der Waals surface area contributed by atoms with E-state index in [4.69, 9.17) is 15.2 Å². The third-order valence-corrected chi connectivity index (χ3v) is 4.64. The Hall–Kier alpha value is -3.86. The van der Waals surface area contributed by atoms with Crippen molar-refractivity contribution >= 4 is 17.8 Å². The Morgan fingerprint density at radius 3 is 2.41 bits per heavy atom. The molecule has 0 aromatic heterocycles. The highest BCUT2D eigenvalue weighted by Crippen LogP contribution is 2.37. The highest BCUT2D eigenvalue weighted by Gasteiger charge is 2.30. The van der Waals surface area contributed by atoms with Crippen LogP contribution in [0.4, 0.5) is 0 Å². The van der Waals surface area contributed by atoms with Gasteiger partial charge < -0.3 is 15.2 Å². The maximum Gasteiger partial charge on any atom is 0.255 e. The second-order valence-electron chi connectivity index (χ2n) is 6.80. The minimum atomic E-state index is -0.570. The predicted molar refractivity (Wildman–Crippen MR) is 111 cm³/mol. The number of ether oxygens (including phenoxy) is 2. The molecule has 0 fully saturated rings. The number of carbonyl (C=O) groups is 2. The monoisotopic (exact) mass is 385 g/mol. The summed E-state index contributed by atoms with van der Waals surface area (Å²) in [4.78, 5) is 23.7. The van der Waals surface area contributed by atoms with Crippen molar-refractivity contribution in [1.82, 2.24) is 0 Å². The van der Waals surface area contributed by atoms with Crippen LogP contribution in [0.3, 0.4) is 0 Å². The number of benzene rings is 3. The number of hydrogen-bond donors (Lipinski definition) is 1. The van der Waals surface area contributed by atoms with Gasteiger partial charge in [0.25, 0.3) is 5.91 Å². The van der Waals surface area contributed by atoms with Crippen LogP contribution in [-0.2, 0) is 4.79 Å². The molecule has 1 aliphatic rings. The van der Waals surface area contributed by atoms with Crippen LogP contribution in [0.5, 0.6) is 11.5 Å². The Kier molecular flexibility index (Phi) is 4.87. The van der Waals surface area contributed by atoms with E-state index in [2.05, 4.69) is 0 Å².